The van der Waals surface area contributed by atoms with Gasteiger partial charge in [-0.1, -0.05) is 44.5 Å². The summed E-state index contributed by atoms with van der Waals surface area (Å²) in [5.41, 5.74) is 11.0. The number of hydrogen-bond donors (Lipinski definition) is 3. The van der Waals surface area contributed by atoms with Crippen LogP contribution in [-0.2, 0) is 9.59 Å². The van der Waals surface area contributed by atoms with Crippen molar-refractivity contribution in [2.45, 2.75) is 78.4 Å². The zero-order valence-corrected chi connectivity index (χ0v) is 24.4. The first-order valence-corrected chi connectivity index (χ1v) is 14.4. The molecule has 2 amide bonds. The Balaban J connectivity index is 1.47. The van der Waals surface area contributed by atoms with E-state index in [4.69, 9.17) is 23.2 Å². The first-order chi connectivity index (χ1) is 17.9. The molecule has 0 spiro atoms. The van der Waals surface area contributed by atoms with Gasteiger partial charge in [0.1, 0.15) is 12.1 Å². The molecule has 2 aromatic rings. The summed E-state index contributed by atoms with van der Waals surface area (Å²) in [5.74, 6) is 6.40. The number of nitrogens with two attached hydrogens (primary N) is 2. The Morgan fingerprint density at radius 2 is 2.00 bits per heavy atom. The monoisotopic (exact) mass is 558 g/mol. The van der Waals surface area contributed by atoms with Crippen LogP contribution in [0.25, 0.3) is 10.4 Å². The maximum Gasteiger partial charge on any atom is 0.248 e. The van der Waals surface area contributed by atoms with E-state index in [2.05, 4.69) is 10.3 Å². The van der Waals surface area contributed by atoms with E-state index >= 15 is 0 Å². The minimum atomic E-state index is -0.650. The molecule has 2 fully saturated rings. The number of thiazole rings is 1. The van der Waals surface area contributed by atoms with E-state index < -0.39 is 17.5 Å². The highest BCUT2D eigenvalue weighted by Gasteiger charge is 2.43. The number of aryl methyl sites for hydroxylation is 1. The molecular weight excluding hydrogens is 520 g/mol. The zero-order valence-electron chi connectivity index (χ0n) is 22.8. The second kappa shape index (κ2) is 11.2. The van der Waals surface area contributed by atoms with Gasteiger partial charge in [0.15, 0.2) is 0 Å². The van der Waals surface area contributed by atoms with Crippen molar-refractivity contribution in [3.05, 3.63) is 51.9 Å². The van der Waals surface area contributed by atoms with Crippen LogP contribution in [0.5, 0.6) is 0 Å². The van der Waals surface area contributed by atoms with Gasteiger partial charge < -0.3 is 21.0 Å². The first-order valence-electron chi connectivity index (χ1n) is 13.2. The van der Waals surface area contributed by atoms with Crippen LogP contribution < -0.4 is 16.9 Å². The van der Waals surface area contributed by atoms with Gasteiger partial charge in [-0.3, -0.25) is 9.59 Å². The molecule has 4 rings (SSSR count). The van der Waals surface area contributed by atoms with Crippen molar-refractivity contribution in [2.75, 3.05) is 6.54 Å². The quantitative estimate of drug-likeness (QED) is 0.318. The normalized spacial score (nSPS) is 19.8. The van der Waals surface area contributed by atoms with Gasteiger partial charge in [-0.25, -0.2) is 10.8 Å². The predicted octanol–water partition coefficient (Wildman–Crippen LogP) is 4.74. The fraction of sp³-hybridized carbons (Fsp3) is 0.536. The lowest BCUT2D eigenvalue weighted by Crippen LogP contribution is -2.58. The molecule has 1 aliphatic carbocycles. The molecule has 1 aliphatic heterocycles. The van der Waals surface area contributed by atoms with Crippen molar-refractivity contribution < 1.29 is 9.59 Å². The van der Waals surface area contributed by atoms with Crippen molar-refractivity contribution in [3.8, 4) is 10.4 Å². The minimum Gasteiger partial charge on any atom is -0.401 e. The first kappa shape index (κ1) is 28.4. The van der Waals surface area contributed by atoms with Crippen LogP contribution in [0.2, 0.25) is 5.02 Å². The summed E-state index contributed by atoms with van der Waals surface area (Å²) in [7, 11) is 0. The molecule has 3 unspecified atom stereocenters. The summed E-state index contributed by atoms with van der Waals surface area (Å²) in [6, 6.07) is 4.32. The van der Waals surface area contributed by atoms with E-state index in [1.165, 1.54) is 5.01 Å². The van der Waals surface area contributed by atoms with Gasteiger partial charge in [0.25, 0.3) is 0 Å². The lowest BCUT2D eigenvalue weighted by Gasteiger charge is -2.39. The number of likely N-dealkylation sites (tertiary alicyclic amines) is 1. The van der Waals surface area contributed by atoms with Crippen molar-refractivity contribution in [3.63, 3.8) is 0 Å². The molecule has 1 saturated carbocycles. The molecule has 3 atom stereocenters. The Morgan fingerprint density at radius 3 is 2.58 bits per heavy atom. The molecule has 38 heavy (non-hydrogen) atoms. The summed E-state index contributed by atoms with van der Waals surface area (Å²) in [6.07, 6.45) is 5.15. The highest BCUT2D eigenvalue weighted by molar-refractivity contribution is 7.13. The SMILES string of the molecule is Cc1ncsc1-c1ccc(C(C)NC(=O)C2CCCN2C(=O)C(N(N)/C=C(\N)C2CC2)C(C)(C)C)c(Cl)c1. The molecule has 1 saturated heterocycles. The third kappa shape index (κ3) is 6.16. The molecule has 206 valence electrons. The minimum absolute atomic E-state index is 0.160. The summed E-state index contributed by atoms with van der Waals surface area (Å²) in [5, 5.41) is 5.11. The number of nitrogens with one attached hydrogen (secondary N) is 1. The Labute approximate surface area is 234 Å². The van der Waals surface area contributed by atoms with Gasteiger partial charge in [-0.15, -0.1) is 11.3 Å². The number of allylic oxidation sites excluding steroid dienone is 1. The number of halogens is 1. The summed E-state index contributed by atoms with van der Waals surface area (Å²) >= 11 is 8.21. The number of benzene rings is 1. The van der Waals surface area contributed by atoms with E-state index in [1.807, 2.05) is 58.3 Å². The van der Waals surface area contributed by atoms with E-state index in [9.17, 15) is 9.59 Å². The van der Waals surface area contributed by atoms with E-state index in [1.54, 1.807) is 22.4 Å². The average Bonchev–Trinajstić information content (AvgIpc) is 3.40. The second-order valence-corrected chi connectivity index (χ2v) is 12.8. The summed E-state index contributed by atoms with van der Waals surface area (Å²) in [6.45, 7) is 10.3. The lowest BCUT2D eigenvalue weighted by atomic mass is 9.85. The van der Waals surface area contributed by atoms with Crippen LogP contribution >= 0.6 is 22.9 Å². The lowest BCUT2D eigenvalue weighted by molar-refractivity contribution is -0.145. The van der Waals surface area contributed by atoms with Gasteiger partial charge in [0, 0.05) is 29.4 Å². The van der Waals surface area contributed by atoms with Crippen molar-refractivity contribution >= 4 is 34.8 Å². The average molecular weight is 559 g/mol. The van der Waals surface area contributed by atoms with E-state index in [-0.39, 0.29) is 17.9 Å². The predicted molar refractivity (Wildman–Crippen MR) is 153 cm³/mol. The number of hydrogen-bond acceptors (Lipinski definition) is 7. The second-order valence-electron chi connectivity index (χ2n) is 11.5. The fourth-order valence-electron chi connectivity index (χ4n) is 5.16. The summed E-state index contributed by atoms with van der Waals surface area (Å²) < 4.78 is 0. The molecule has 1 aromatic carbocycles. The smallest absolute Gasteiger partial charge is 0.248 e. The van der Waals surface area contributed by atoms with Crippen LogP contribution in [0, 0.1) is 18.3 Å². The molecule has 1 aromatic heterocycles. The third-order valence-electron chi connectivity index (χ3n) is 7.37. The number of aromatic nitrogens is 1. The number of rotatable bonds is 8. The van der Waals surface area contributed by atoms with Gasteiger partial charge in [0.05, 0.1) is 22.1 Å². The molecule has 2 heterocycles. The third-order valence-corrected chi connectivity index (χ3v) is 8.68. The number of nitrogens with zero attached hydrogens (tertiary/aromatic N) is 3. The van der Waals surface area contributed by atoms with Gasteiger partial charge in [0.2, 0.25) is 11.8 Å². The van der Waals surface area contributed by atoms with Crippen LogP contribution in [0.3, 0.4) is 0 Å². The molecule has 0 bridgehead atoms. The molecule has 8 nitrogen and oxygen atoms in total. The Hall–Kier alpha value is -2.62. The van der Waals surface area contributed by atoms with Crippen molar-refractivity contribution in [1.29, 1.82) is 0 Å². The highest BCUT2D eigenvalue weighted by atomic mass is 35.5. The van der Waals surface area contributed by atoms with Crippen molar-refractivity contribution in [2.24, 2.45) is 22.9 Å². The fourth-order valence-corrected chi connectivity index (χ4v) is 6.31. The maximum atomic E-state index is 13.8. The Morgan fingerprint density at radius 1 is 1.29 bits per heavy atom. The van der Waals surface area contributed by atoms with Crippen LogP contribution in [0.1, 0.15) is 70.7 Å². The van der Waals surface area contributed by atoms with Gasteiger partial charge in [-0.05, 0) is 62.1 Å². The summed E-state index contributed by atoms with van der Waals surface area (Å²) in [4.78, 5) is 34.3. The van der Waals surface area contributed by atoms with Crippen LogP contribution in [0.4, 0.5) is 0 Å². The highest BCUT2D eigenvalue weighted by Crippen LogP contribution is 2.35. The number of carbonyl (C=O) groups excluding carboxylic acids is 2. The number of amides is 2. The number of hydrazine groups is 1. The van der Waals surface area contributed by atoms with E-state index in [0.717, 1.165) is 41.0 Å². The topological polar surface area (TPSA) is 118 Å². The standard InChI is InChI=1S/C28H39ClN6O2S/c1-16(20-11-10-19(13-21(20)29)24-17(2)32-15-38-24)33-26(36)23-7-6-12-34(23)27(37)25(28(3,4)5)35(31)14-22(30)18-8-9-18/h10-11,13-16,18,23,25H,6-9,12,30-31H2,1-5H3,(H,33,36)/b22-14-. The number of carbonyl (C=O) groups is 2. The molecule has 2 aliphatic rings. The molecular formula is C28H39ClN6O2S. The Kier molecular flexibility index (Phi) is 8.40. The zero-order chi connectivity index (χ0) is 27.8. The van der Waals surface area contributed by atoms with Gasteiger partial charge in [-0.2, -0.15) is 0 Å². The van der Waals surface area contributed by atoms with Gasteiger partial charge >= 0.3 is 0 Å². The van der Waals surface area contributed by atoms with Crippen LogP contribution in [-0.4, -0.2) is 45.3 Å². The van der Waals surface area contributed by atoms with Crippen LogP contribution in [0.15, 0.2) is 35.6 Å². The molecule has 10 heteroatoms. The molecule has 0 radical (unpaired) electrons. The van der Waals surface area contributed by atoms with Crippen molar-refractivity contribution in [1.82, 2.24) is 20.2 Å². The largest absolute Gasteiger partial charge is 0.401 e. The Bertz CT molecular complexity index is 1220. The molecule has 5 N–H and O–H groups in total. The van der Waals surface area contributed by atoms with E-state index in [0.29, 0.717) is 29.6 Å². The maximum absolute atomic E-state index is 13.8.